The fourth-order valence-corrected chi connectivity index (χ4v) is 1.24. The van der Waals surface area contributed by atoms with Gasteiger partial charge in [0.15, 0.2) is 10.6 Å². The molecule has 0 unspecified atom stereocenters. The summed E-state index contributed by atoms with van der Waals surface area (Å²) in [6, 6.07) is 0. The van der Waals surface area contributed by atoms with Crippen LogP contribution in [0.4, 0.5) is 0 Å². The molecule has 4 nitrogen and oxygen atoms in total. The molecule has 0 saturated carbocycles. The summed E-state index contributed by atoms with van der Waals surface area (Å²) in [4.78, 5) is 22.6. The van der Waals surface area contributed by atoms with Gasteiger partial charge in [0.1, 0.15) is 0 Å². The van der Waals surface area contributed by atoms with Gasteiger partial charge in [-0.15, -0.1) is 0 Å². The monoisotopic (exact) mass is 234 g/mol. The summed E-state index contributed by atoms with van der Waals surface area (Å²) in [6.45, 7) is 4.85. The van der Waals surface area contributed by atoms with Gasteiger partial charge in [0.05, 0.1) is 0 Å². The molecule has 0 aromatic rings. The zero-order chi connectivity index (χ0) is 12.1. The van der Waals surface area contributed by atoms with Crippen LogP contribution in [0.1, 0.15) is 33.6 Å². The molecule has 0 aliphatic heterocycles. The molecule has 0 radical (unpaired) electrons. The number of carboxylic acid groups (broad SMARTS) is 1. The van der Waals surface area contributed by atoms with Gasteiger partial charge in [-0.1, -0.05) is 13.8 Å². The average molecular weight is 235 g/mol. The smallest absolute Gasteiger partial charge is 0.329 e. The predicted molar refractivity (Wildman–Crippen MR) is 56.4 cm³/mol. The molecule has 0 atom stereocenters. The lowest BCUT2D eigenvalue weighted by Gasteiger charge is -2.23. The van der Waals surface area contributed by atoms with Crippen molar-refractivity contribution in [2.45, 2.75) is 33.6 Å². The zero-order valence-corrected chi connectivity index (χ0v) is 9.80. The van der Waals surface area contributed by atoms with Crippen LogP contribution in [0, 0.1) is 5.41 Å². The Kier molecular flexibility index (Phi) is 5.36. The van der Waals surface area contributed by atoms with Gasteiger partial charge >= 0.3 is 11.9 Å². The Morgan fingerprint density at radius 3 is 2.13 bits per heavy atom. The van der Waals surface area contributed by atoms with Crippen LogP contribution < -0.4 is 0 Å². The van der Waals surface area contributed by atoms with Crippen LogP contribution in [-0.2, 0) is 14.3 Å². The van der Waals surface area contributed by atoms with Crippen LogP contribution in [0.25, 0.3) is 0 Å². The highest BCUT2D eigenvalue weighted by Crippen LogP contribution is 2.29. The summed E-state index contributed by atoms with van der Waals surface area (Å²) in [5.74, 6) is -2.00. The Morgan fingerprint density at radius 2 is 1.87 bits per heavy atom. The van der Waals surface area contributed by atoms with E-state index in [1.165, 1.54) is 6.08 Å². The van der Waals surface area contributed by atoms with Crippen molar-refractivity contribution in [3.8, 4) is 0 Å². The summed E-state index contributed by atoms with van der Waals surface area (Å²) < 4.78 is 4.71. The number of ether oxygens (including phenoxy) is 1. The Bertz CT molecular complexity index is 279. The van der Waals surface area contributed by atoms with E-state index in [1.807, 2.05) is 0 Å². The molecule has 0 aromatic carbocycles. The molecule has 0 aliphatic carbocycles. The van der Waals surface area contributed by atoms with Crippen molar-refractivity contribution >= 4 is 23.5 Å². The molecule has 15 heavy (non-hydrogen) atoms. The van der Waals surface area contributed by atoms with E-state index in [1.54, 1.807) is 20.8 Å². The first-order valence-electron chi connectivity index (χ1n) is 4.72. The number of carboxylic acids is 1. The lowest BCUT2D eigenvalue weighted by molar-refractivity contribution is -0.166. The van der Waals surface area contributed by atoms with Gasteiger partial charge in [-0.05, 0) is 37.4 Å². The standard InChI is InChI=1S/C10H15ClO4/c1-4-7(11)15-9(14)10(5-2,6-3)8(12)13/h4H,5-6H2,1-3H3,(H,12,13). The maximum absolute atomic E-state index is 11.6. The third kappa shape index (κ3) is 2.96. The molecular formula is C10H15ClO4. The summed E-state index contributed by atoms with van der Waals surface area (Å²) in [5.41, 5.74) is -1.50. The van der Waals surface area contributed by atoms with Crippen molar-refractivity contribution in [2.24, 2.45) is 5.41 Å². The quantitative estimate of drug-likeness (QED) is 0.451. The molecule has 0 amide bonds. The SMILES string of the molecule is CC=C(Cl)OC(=O)C(CC)(CC)C(=O)O. The summed E-state index contributed by atoms with van der Waals surface area (Å²) >= 11 is 5.51. The van der Waals surface area contributed by atoms with E-state index in [9.17, 15) is 9.59 Å². The molecule has 0 spiro atoms. The molecule has 86 valence electrons. The van der Waals surface area contributed by atoms with E-state index < -0.39 is 17.4 Å². The molecule has 0 saturated heterocycles. The Labute approximate surface area is 93.9 Å². The third-order valence-corrected chi connectivity index (χ3v) is 2.72. The van der Waals surface area contributed by atoms with Crippen LogP contribution in [0.3, 0.4) is 0 Å². The Morgan fingerprint density at radius 1 is 1.40 bits per heavy atom. The van der Waals surface area contributed by atoms with Gasteiger partial charge in [-0.3, -0.25) is 9.59 Å². The number of carbonyl (C=O) groups is 2. The first-order chi connectivity index (χ1) is 6.94. The predicted octanol–water partition coefficient (Wildman–Crippen LogP) is 2.52. The van der Waals surface area contributed by atoms with E-state index in [4.69, 9.17) is 21.4 Å². The molecule has 5 heteroatoms. The number of rotatable bonds is 5. The van der Waals surface area contributed by atoms with Crippen LogP contribution in [-0.4, -0.2) is 17.0 Å². The molecule has 0 fully saturated rings. The molecule has 0 heterocycles. The second-order valence-electron chi connectivity index (χ2n) is 3.08. The van der Waals surface area contributed by atoms with Gasteiger partial charge in [0, 0.05) is 0 Å². The lowest BCUT2D eigenvalue weighted by atomic mass is 9.82. The van der Waals surface area contributed by atoms with Crippen molar-refractivity contribution in [1.29, 1.82) is 0 Å². The van der Waals surface area contributed by atoms with E-state index in [-0.39, 0.29) is 18.1 Å². The second kappa shape index (κ2) is 5.75. The van der Waals surface area contributed by atoms with Crippen molar-refractivity contribution in [2.75, 3.05) is 0 Å². The largest absolute Gasteiger partial charge is 0.480 e. The van der Waals surface area contributed by atoms with Gasteiger partial charge in [-0.25, -0.2) is 0 Å². The molecule has 0 bridgehead atoms. The zero-order valence-electron chi connectivity index (χ0n) is 9.04. The first kappa shape index (κ1) is 14.0. The second-order valence-corrected chi connectivity index (χ2v) is 3.45. The molecule has 1 N–H and O–H groups in total. The van der Waals surface area contributed by atoms with E-state index in [2.05, 4.69) is 0 Å². The molecule has 0 aromatic heterocycles. The molecule has 0 rings (SSSR count). The maximum Gasteiger partial charge on any atom is 0.329 e. The van der Waals surface area contributed by atoms with Gasteiger partial charge in [-0.2, -0.15) is 0 Å². The number of carbonyl (C=O) groups excluding carboxylic acids is 1. The highest BCUT2D eigenvalue weighted by Gasteiger charge is 2.44. The summed E-state index contributed by atoms with van der Waals surface area (Å²) in [7, 11) is 0. The summed E-state index contributed by atoms with van der Waals surface area (Å²) in [5, 5.41) is 8.91. The minimum atomic E-state index is -1.50. The molecule has 0 aliphatic rings. The van der Waals surface area contributed by atoms with Gasteiger partial charge < -0.3 is 9.84 Å². The minimum Gasteiger partial charge on any atom is -0.480 e. The van der Waals surface area contributed by atoms with Crippen molar-refractivity contribution in [1.82, 2.24) is 0 Å². The highest BCUT2D eigenvalue weighted by atomic mass is 35.5. The highest BCUT2D eigenvalue weighted by molar-refractivity contribution is 6.29. The minimum absolute atomic E-state index is 0.104. The number of hydrogen-bond donors (Lipinski definition) is 1. The topological polar surface area (TPSA) is 63.6 Å². The number of halogens is 1. The lowest BCUT2D eigenvalue weighted by Crippen LogP contribution is -2.39. The average Bonchev–Trinajstić information content (AvgIpc) is 2.19. The number of hydrogen-bond acceptors (Lipinski definition) is 3. The van der Waals surface area contributed by atoms with Gasteiger partial charge in [0.2, 0.25) is 0 Å². The maximum atomic E-state index is 11.6. The number of allylic oxidation sites excluding steroid dienone is 1. The third-order valence-electron chi connectivity index (χ3n) is 2.42. The van der Waals surface area contributed by atoms with Crippen LogP contribution in [0.5, 0.6) is 0 Å². The number of esters is 1. The normalized spacial score (nSPS) is 12.4. The van der Waals surface area contributed by atoms with Crippen molar-refractivity contribution in [3.05, 3.63) is 11.3 Å². The van der Waals surface area contributed by atoms with Crippen LogP contribution >= 0.6 is 11.6 Å². The van der Waals surface area contributed by atoms with Gasteiger partial charge in [0.25, 0.3) is 0 Å². The fourth-order valence-electron chi connectivity index (χ4n) is 1.17. The fraction of sp³-hybridized carbons (Fsp3) is 0.600. The van der Waals surface area contributed by atoms with E-state index in [0.717, 1.165) is 0 Å². The van der Waals surface area contributed by atoms with Crippen molar-refractivity contribution in [3.63, 3.8) is 0 Å². The number of aliphatic carboxylic acids is 1. The Hall–Kier alpha value is -1.03. The van der Waals surface area contributed by atoms with Crippen LogP contribution in [0.15, 0.2) is 11.3 Å². The van der Waals surface area contributed by atoms with E-state index in [0.29, 0.717) is 0 Å². The van der Waals surface area contributed by atoms with E-state index >= 15 is 0 Å². The van der Waals surface area contributed by atoms with Crippen LogP contribution in [0.2, 0.25) is 0 Å². The first-order valence-corrected chi connectivity index (χ1v) is 5.09. The Balaban J connectivity index is 4.94. The van der Waals surface area contributed by atoms with Crippen molar-refractivity contribution < 1.29 is 19.4 Å². The summed E-state index contributed by atoms with van der Waals surface area (Å²) in [6.07, 6.45) is 1.73. The molecular weight excluding hydrogens is 220 g/mol.